The van der Waals surface area contributed by atoms with E-state index in [9.17, 15) is 30.0 Å². The molecule has 1 heterocycles. The smallest absolute Gasteiger partial charge is 0.273 e. The first-order valence-corrected chi connectivity index (χ1v) is 6.53. The van der Waals surface area contributed by atoms with E-state index in [0.717, 1.165) is 4.90 Å². The van der Waals surface area contributed by atoms with Gasteiger partial charge in [0.25, 0.3) is 11.8 Å². The van der Waals surface area contributed by atoms with Crippen molar-refractivity contribution in [1.29, 1.82) is 0 Å². The van der Waals surface area contributed by atoms with Crippen molar-refractivity contribution in [2.24, 2.45) is 5.73 Å². The van der Waals surface area contributed by atoms with Gasteiger partial charge in [-0.15, -0.1) is 0 Å². The van der Waals surface area contributed by atoms with Crippen LogP contribution in [0.2, 0.25) is 0 Å². The summed E-state index contributed by atoms with van der Waals surface area (Å²) in [5.41, 5.74) is 4.81. The molecule has 0 aromatic carbocycles. The molecule has 0 saturated carbocycles. The van der Waals surface area contributed by atoms with Crippen molar-refractivity contribution in [3.8, 4) is 0 Å². The van der Waals surface area contributed by atoms with E-state index in [1.165, 1.54) is 18.2 Å². The molecule has 0 bridgehead atoms. The van der Waals surface area contributed by atoms with Crippen molar-refractivity contribution < 1.29 is 30.0 Å². The lowest BCUT2D eigenvalue weighted by molar-refractivity contribution is 0.00502. The second-order valence-electron chi connectivity index (χ2n) is 4.52. The van der Waals surface area contributed by atoms with Crippen molar-refractivity contribution >= 4 is 11.8 Å². The molecule has 9 heteroatoms. The molecule has 0 aliphatic carbocycles. The number of nitrogens with two attached hydrogens (primary N) is 1. The Kier molecular flexibility index (Phi) is 6.86. The molecule has 22 heavy (non-hydrogen) atoms. The highest BCUT2D eigenvalue weighted by atomic mass is 16.3. The third-order valence-electron chi connectivity index (χ3n) is 3.08. The Labute approximate surface area is 126 Å². The van der Waals surface area contributed by atoms with Gasteiger partial charge in [-0.05, 0) is 12.1 Å². The second kappa shape index (κ2) is 8.39. The van der Waals surface area contributed by atoms with E-state index in [4.69, 9.17) is 5.73 Å². The molecule has 1 rings (SSSR count). The van der Waals surface area contributed by atoms with Crippen LogP contribution < -0.4 is 5.73 Å². The fraction of sp³-hybridized carbons (Fsp3) is 0.462. The number of hydrogen-bond donors (Lipinski definition) is 5. The zero-order valence-electron chi connectivity index (χ0n) is 11.8. The van der Waals surface area contributed by atoms with Gasteiger partial charge in [-0.2, -0.15) is 0 Å². The number of nitrogens with zero attached hydrogens (tertiary/aromatic N) is 2. The number of hydrogen-bond acceptors (Lipinski definition) is 7. The van der Waals surface area contributed by atoms with Crippen LogP contribution >= 0.6 is 0 Å². The number of amides is 2. The Morgan fingerprint density at radius 3 is 1.86 bits per heavy atom. The Balaban J connectivity index is 3.20. The number of aromatic nitrogens is 1. The van der Waals surface area contributed by atoms with Crippen LogP contribution in [0.5, 0.6) is 0 Å². The van der Waals surface area contributed by atoms with Crippen LogP contribution in [-0.2, 0) is 0 Å². The molecule has 0 unspecified atom stereocenters. The van der Waals surface area contributed by atoms with Crippen LogP contribution in [-0.4, -0.2) is 80.6 Å². The van der Waals surface area contributed by atoms with E-state index in [-0.39, 0.29) is 11.4 Å². The van der Waals surface area contributed by atoms with Crippen molar-refractivity contribution in [3.63, 3.8) is 0 Å². The maximum absolute atomic E-state index is 12.5. The van der Waals surface area contributed by atoms with E-state index in [0.29, 0.717) is 0 Å². The summed E-state index contributed by atoms with van der Waals surface area (Å²) in [6, 6.07) is 1.98. The first-order chi connectivity index (χ1) is 10.5. The van der Waals surface area contributed by atoms with E-state index in [1.54, 1.807) is 0 Å². The van der Waals surface area contributed by atoms with Crippen molar-refractivity contribution in [2.45, 2.75) is 12.1 Å². The first kappa shape index (κ1) is 18.0. The summed E-state index contributed by atoms with van der Waals surface area (Å²) in [7, 11) is 0. The summed E-state index contributed by atoms with van der Waals surface area (Å²) >= 11 is 0. The summed E-state index contributed by atoms with van der Waals surface area (Å²) < 4.78 is 0. The molecule has 1 aromatic rings. The van der Waals surface area contributed by atoms with Gasteiger partial charge in [-0.1, -0.05) is 6.07 Å². The van der Waals surface area contributed by atoms with Crippen LogP contribution in [0.15, 0.2) is 18.2 Å². The minimum atomic E-state index is -1.03. The SMILES string of the molecule is NC(=O)c1cccc(C(=O)N(C(CO)CO)C(CO)CO)n1. The molecular formula is C13H19N3O6. The summed E-state index contributed by atoms with van der Waals surface area (Å²) in [6.45, 7) is -2.30. The van der Waals surface area contributed by atoms with Gasteiger partial charge in [0.2, 0.25) is 0 Å². The molecule has 0 radical (unpaired) electrons. The molecule has 1 aromatic heterocycles. The molecule has 0 atom stereocenters. The number of carbonyl (C=O) groups excluding carboxylic acids is 2. The molecule has 0 fully saturated rings. The zero-order valence-corrected chi connectivity index (χ0v) is 11.8. The van der Waals surface area contributed by atoms with Crippen LogP contribution in [0.3, 0.4) is 0 Å². The minimum absolute atomic E-state index is 0.125. The monoisotopic (exact) mass is 313 g/mol. The van der Waals surface area contributed by atoms with Gasteiger partial charge in [0.05, 0.1) is 38.5 Å². The number of aliphatic hydroxyl groups excluding tert-OH is 4. The van der Waals surface area contributed by atoms with Crippen molar-refractivity contribution in [2.75, 3.05) is 26.4 Å². The van der Waals surface area contributed by atoms with Gasteiger partial charge >= 0.3 is 0 Å². The maximum Gasteiger partial charge on any atom is 0.273 e. The summed E-state index contributed by atoms with van der Waals surface area (Å²) in [4.78, 5) is 28.4. The molecule has 0 aliphatic rings. The van der Waals surface area contributed by atoms with Gasteiger partial charge in [0, 0.05) is 0 Å². The van der Waals surface area contributed by atoms with Crippen LogP contribution in [0, 0.1) is 0 Å². The standard InChI is InChI=1S/C13H19N3O6/c14-12(21)10-2-1-3-11(15-10)13(22)16(8(4-17)5-18)9(6-19)7-20/h1-3,8-9,17-20H,4-7H2,(H2,14,21). The molecule has 122 valence electrons. The van der Waals surface area contributed by atoms with Gasteiger partial charge in [-0.25, -0.2) is 4.98 Å². The predicted octanol–water partition coefficient (Wildman–Crippen LogP) is -2.67. The summed E-state index contributed by atoms with van der Waals surface area (Å²) in [6.07, 6.45) is 0. The maximum atomic E-state index is 12.5. The number of pyridine rings is 1. The van der Waals surface area contributed by atoms with Gasteiger partial charge < -0.3 is 31.1 Å². The summed E-state index contributed by atoms with van der Waals surface area (Å²) in [5.74, 6) is -1.58. The zero-order chi connectivity index (χ0) is 16.7. The van der Waals surface area contributed by atoms with E-state index in [1.807, 2.05) is 0 Å². The first-order valence-electron chi connectivity index (χ1n) is 6.53. The highest BCUT2D eigenvalue weighted by molar-refractivity contribution is 5.96. The normalized spacial score (nSPS) is 11.0. The summed E-state index contributed by atoms with van der Waals surface area (Å²) in [5, 5.41) is 37.1. The fourth-order valence-electron chi connectivity index (χ4n) is 1.92. The Bertz CT molecular complexity index is 504. The number of carbonyl (C=O) groups is 2. The lowest BCUT2D eigenvalue weighted by Crippen LogP contribution is -2.53. The van der Waals surface area contributed by atoms with Crippen molar-refractivity contribution in [3.05, 3.63) is 29.6 Å². The third kappa shape index (κ3) is 3.98. The topological polar surface area (TPSA) is 157 Å². The third-order valence-corrected chi connectivity index (χ3v) is 3.08. The van der Waals surface area contributed by atoms with E-state index < -0.39 is 50.3 Å². The Morgan fingerprint density at radius 2 is 1.45 bits per heavy atom. The largest absolute Gasteiger partial charge is 0.394 e. The highest BCUT2D eigenvalue weighted by Crippen LogP contribution is 2.12. The lowest BCUT2D eigenvalue weighted by Gasteiger charge is -2.34. The molecule has 0 saturated heterocycles. The van der Waals surface area contributed by atoms with Crippen LogP contribution in [0.1, 0.15) is 21.0 Å². The Hall–Kier alpha value is -2.07. The molecule has 2 amide bonds. The van der Waals surface area contributed by atoms with Crippen LogP contribution in [0.25, 0.3) is 0 Å². The molecule has 6 N–H and O–H groups in total. The minimum Gasteiger partial charge on any atom is -0.394 e. The average Bonchev–Trinajstić information content (AvgIpc) is 2.54. The molecule has 0 spiro atoms. The fourth-order valence-corrected chi connectivity index (χ4v) is 1.92. The quantitative estimate of drug-likeness (QED) is 0.350. The molecule has 0 aliphatic heterocycles. The second-order valence-corrected chi connectivity index (χ2v) is 4.52. The molecular weight excluding hydrogens is 294 g/mol. The number of rotatable bonds is 8. The van der Waals surface area contributed by atoms with Crippen molar-refractivity contribution in [1.82, 2.24) is 9.88 Å². The van der Waals surface area contributed by atoms with E-state index in [2.05, 4.69) is 4.98 Å². The van der Waals surface area contributed by atoms with E-state index >= 15 is 0 Å². The van der Waals surface area contributed by atoms with Crippen LogP contribution in [0.4, 0.5) is 0 Å². The lowest BCUT2D eigenvalue weighted by atomic mass is 10.1. The molecule has 9 nitrogen and oxygen atoms in total. The van der Waals surface area contributed by atoms with Gasteiger partial charge in [-0.3, -0.25) is 9.59 Å². The highest BCUT2D eigenvalue weighted by Gasteiger charge is 2.31. The predicted molar refractivity (Wildman–Crippen MR) is 74.8 cm³/mol. The van der Waals surface area contributed by atoms with Gasteiger partial charge in [0.1, 0.15) is 11.4 Å². The number of aliphatic hydroxyl groups is 4. The average molecular weight is 313 g/mol. The Morgan fingerprint density at radius 1 is 1.00 bits per heavy atom. The number of primary amides is 1. The van der Waals surface area contributed by atoms with Gasteiger partial charge in [0.15, 0.2) is 0 Å².